The van der Waals surface area contributed by atoms with Crippen molar-refractivity contribution in [2.45, 2.75) is 24.9 Å². The van der Waals surface area contributed by atoms with Crippen LogP contribution in [-0.4, -0.2) is 53.4 Å². The van der Waals surface area contributed by atoms with Gasteiger partial charge in [-0.1, -0.05) is 24.3 Å². The minimum atomic E-state index is -0.531. The molecule has 1 aromatic heterocycles. The van der Waals surface area contributed by atoms with Crippen LogP contribution in [-0.2, 0) is 11.3 Å². The van der Waals surface area contributed by atoms with Crippen LogP contribution in [0.3, 0.4) is 0 Å². The summed E-state index contributed by atoms with van der Waals surface area (Å²) in [6.07, 6.45) is 5.29. The Morgan fingerprint density at radius 2 is 1.88 bits per heavy atom. The molecule has 132 valence electrons. The van der Waals surface area contributed by atoms with Crippen LogP contribution in [0.2, 0.25) is 0 Å². The molecule has 3 rings (SSSR count). The summed E-state index contributed by atoms with van der Waals surface area (Å²) in [5.41, 5.74) is 1.68. The molecule has 0 bridgehead atoms. The maximum absolute atomic E-state index is 12.9. The third-order valence-electron chi connectivity index (χ3n) is 4.81. The van der Waals surface area contributed by atoms with Crippen LogP contribution in [0.1, 0.15) is 18.4 Å². The Bertz CT molecular complexity index is 679. The standard InChI is InChI=1S/C20H26N4O/c1-23(2)19(25)20(22-18-8-4-3-5-9-18)10-13-24(14-11-20)16-17-7-6-12-21-15-17/h3-9,12,15,22H,10-11,13-14,16H2,1-2H3. The highest BCUT2D eigenvalue weighted by Crippen LogP contribution is 2.29. The molecule has 0 aliphatic carbocycles. The molecule has 2 heterocycles. The smallest absolute Gasteiger partial charge is 0.247 e. The van der Waals surface area contributed by atoms with E-state index in [-0.39, 0.29) is 5.91 Å². The lowest BCUT2D eigenvalue weighted by molar-refractivity contribution is -0.135. The average molecular weight is 338 g/mol. The van der Waals surface area contributed by atoms with E-state index in [1.54, 1.807) is 11.1 Å². The molecule has 1 aliphatic heterocycles. The summed E-state index contributed by atoms with van der Waals surface area (Å²) in [4.78, 5) is 21.2. The molecule has 1 fully saturated rings. The van der Waals surface area contributed by atoms with Gasteiger partial charge in [0.1, 0.15) is 5.54 Å². The topological polar surface area (TPSA) is 48.5 Å². The number of hydrogen-bond acceptors (Lipinski definition) is 4. The largest absolute Gasteiger partial charge is 0.371 e. The van der Waals surface area contributed by atoms with E-state index in [9.17, 15) is 4.79 Å². The van der Waals surface area contributed by atoms with Crippen molar-refractivity contribution < 1.29 is 4.79 Å². The van der Waals surface area contributed by atoms with E-state index in [2.05, 4.69) is 21.3 Å². The third kappa shape index (κ3) is 4.17. The highest BCUT2D eigenvalue weighted by Gasteiger charge is 2.42. The van der Waals surface area contributed by atoms with Gasteiger partial charge in [0.2, 0.25) is 5.91 Å². The fraction of sp³-hybridized carbons (Fsp3) is 0.400. The van der Waals surface area contributed by atoms with E-state index in [1.807, 2.05) is 56.7 Å². The summed E-state index contributed by atoms with van der Waals surface area (Å²) in [5, 5.41) is 3.53. The molecule has 0 saturated carbocycles. The fourth-order valence-electron chi connectivity index (χ4n) is 3.46. The Morgan fingerprint density at radius 3 is 2.48 bits per heavy atom. The van der Waals surface area contributed by atoms with Gasteiger partial charge in [-0.2, -0.15) is 0 Å². The average Bonchev–Trinajstić information content (AvgIpc) is 2.64. The van der Waals surface area contributed by atoms with Gasteiger partial charge in [0, 0.05) is 51.8 Å². The van der Waals surface area contributed by atoms with Crippen LogP contribution in [0.15, 0.2) is 54.9 Å². The monoisotopic (exact) mass is 338 g/mol. The first-order valence-electron chi connectivity index (χ1n) is 8.75. The highest BCUT2D eigenvalue weighted by molar-refractivity contribution is 5.89. The van der Waals surface area contributed by atoms with Crippen molar-refractivity contribution in [1.29, 1.82) is 0 Å². The van der Waals surface area contributed by atoms with Crippen molar-refractivity contribution in [3.63, 3.8) is 0 Å². The molecule has 1 saturated heterocycles. The molecular formula is C20H26N4O. The number of anilines is 1. The molecule has 0 spiro atoms. The minimum absolute atomic E-state index is 0.150. The van der Waals surface area contributed by atoms with Crippen molar-refractivity contribution in [2.24, 2.45) is 0 Å². The maximum Gasteiger partial charge on any atom is 0.247 e. The number of nitrogens with zero attached hydrogens (tertiary/aromatic N) is 3. The van der Waals surface area contributed by atoms with Crippen molar-refractivity contribution in [1.82, 2.24) is 14.8 Å². The predicted molar refractivity (Wildman–Crippen MR) is 100 cm³/mol. The maximum atomic E-state index is 12.9. The van der Waals surface area contributed by atoms with Gasteiger partial charge in [0.25, 0.3) is 0 Å². The zero-order valence-electron chi connectivity index (χ0n) is 15.0. The Balaban J connectivity index is 1.71. The number of carbonyl (C=O) groups excluding carboxylic acids is 1. The van der Waals surface area contributed by atoms with E-state index in [4.69, 9.17) is 0 Å². The molecule has 1 aliphatic rings. The van der Waals surface area contributed by atoms with Crippen LogP contribution < -0.4 is 5.32 Å². The molecule has 0 atom stereocenters. The molecule has 1 N–H and O–H groups in total. The third-order valence-corrected chi connectivity index (χ3v) is 4.81. The fourth-order valence-corrected chi connectivity index (χ4v) is 3.46. The van der Waals surface area contributed by atoms with Crippen LogP contribution in [0, 0.1) is 0 Å². The number of para-hydroxylation sites is 1. The molecule has 0 radical (unpaired) electrons. The zero-order valence-corrected chi connectivity index (χ0v) is 15.0. The number of nitrogens with one attached hydrogen (secondary N) is 1. The van der Waals surface area contributed by atoms with Gasteiger partial charge in [0.15, 0.2) is 0 Å². The second-order valence-electron chi connectivity index (χ2n) is 6.91. The van der Waals surface area contributed by atoms with Gasteiger partial charge in [-0.25, -0.2) is 0 Å². The Hall–Kier alpha value is -2.40. The van der Waals surface area contributed by atoms with Crippen molar-refractivity contribution in [3.05, 3.63) is 60.4 Å². The quantitative estimate of drug-likeness (QED) is 0.910. The van der Waals surface area contributed by atoms with E-state index < -0.39 is 5.54 Å². The van der Waals surface area contributed by atoms with Crippen LogP contribution in [0.25, 0.3) is 0 Å². The number of aromatic nitrogens is 1. The normalized spacial score (nSPS) is 17.0. The number of rotatable bonds is 5. The van der Waals surface area contributed by atoms with Crippen molar-refractivity contribution in [3.8, 4) is 0 Å². The number of pyridine rings is 1. The van der Waals surface area contributed by atoms with Gasteiger partial charge < -0.3 is 10.2 Å². The molecule has 1 aromatic carbocycles. The second kappa shape index (κ2) is 7.66. The Morgan fingerprint density at radius 1 is 1.16 bits per heavy atom. The highest BCUT2D eigenvalue weighted by atomic mass is 16.2. The lowest BCUT2D eigenvalue weighted by Gasteiger charge is -2.43. The van der Waals surface area contributed by atoms with E-state index >= 15 is 0 Å². The summed E-state index contributed by atoms with van der Waals surface area (Å²) in [6, 6.07) is 14.1. The van der Waals surface area contributed by atoms with Gasteiger partial charge >= 0.3 is 0 Å². The summed E-state index contributed by atoms with van der Waals surface area (Å²) >= 11 is 0. The molecule has 2 aromatic rings. The Kier molecular flexibility index (Phi) is 5.34. The van der Waals surface area contributed by atoms with Crippen LogP contribution in [0.5, 0.6) is 0 Å². The summed E-state index contributed by atoms with van der Waals surface area (Å²) in [6.45, 7) is 2.65. The lowest BCUT2D eigenvalue weighted by atomic mass is 9.85. The molecule has 1 amide bonds. The van der Waals surface area contributed by atoms with Crippen LogP contribution in [0.4, 0.5) is 5.69 Å². The Labute approximate surface area is 149 Å². The van der Waals surface area contributed by atoms with E-state index in [0.717, 1.165) is 38.2 Å². The number of carbonyl (C=O) groups is 1. The number of benzene rings is 1. The number of hydrogen-bond donors (Lipinski definition) is 1. The second-order valence-corrected chi connectivity index (χ2v) is 6.91. The first kappa shape index (κ1) is 17.4. The van der Waals surface area contributed by atoms with Crippen LogP contribution >= 0.6 is 0 Å². The molecular weight excluding hydrogens is 312 g/mol. The van der Waals surface area contributed by atoms with Crippen molar-refractivity contribution >= 4 is 11.6 Å². The van der Waals surface area contributed by atoms with E-state index in [0.29, 0.717) is 0 Å². The van der Waals surface area contributed by atoms with Gasteiger partial charge in [-0.05, 0) is 36.6 Å². The van der Waals surface area contributed by atoms with E-state index in [1.165, 1.54) is 5.56 Å². The van der Waals surface area contributed by atoms with Crippen molar-refractivity contribution in [2.75, 3.05) is 32.5 Å². The first-order chi connectivity index (χ1) is 12.1. The summed E-state index contributed by atoms with van der Waals surface area (Å²) in [5.74, 6) is 0.150. The zero-order chi connectivity index (χ0) is 17.7. The number of likely N-dealkylation sites (N-methyl/N-ethyl adjacent to an activating group) is 1. The number of piperidine rings is 1. The number of amides is 1. The SMILES string of the molecule is CN(C)C(=O)C1(Nc2ccccc2)CCN(Cc2cccnc2)CC1. The first-order valence-corrected chi connectivity index (χ1v) is 8.75. The summed E-state index contributed by atoms with van der Waals surface area (Å²) < 4.78 is 0. The minimum Gasteiger partial charge on any atom is -0.371 e. The molecule has 5 heteroatoms. The summed E-state index contributed by atoms with van der Waals surface area (Å²) in [7, 11) is 3.66. The van der Waals surface area contributed by atoms with Gasteiger partial charge in [-0.3, -0.25) is 14.7 Å². The molecule has 25 heavy (non-hydrogen) atoms. The van der Waals surface area contributed by atoms with Gasteiger partial charge in [-0.15, -0.1) is 0 Å². The van der Waals surface area contributed by atoms with Gasteiger partial charge in [0.05, 0.1) is 0 Å². The predicted octanol–water partition coefficient (Wildman–Crippen LogP) is 2.62. The lowest BCUT2D eigenvalue weighted by Crippen LogP contribution is -2.57. The molecule has 5 nitrogen and oxygen atoms in total. The number of likely N-dealkylation sites (tertiary alicyclic amines) is 1. The molecule has 0 unspecified atom stereocenters.